The zero-order valence-electron chi connectivity index (χ0n) is 17.3. The van der Waals surface area contributed by atoms with Crippen LogP contribution in [0.2, 0.25) is 0 Å². The van der Waals surface area contributed by atoms with Crippen molar-refractivity contribution in [1.82, 2.24) is 9.97 Å². The van der Waals surface area contributed by atoms with E-state index in [1.807, 2.05) is 30.6 Å². The molecule has 2 nitrogen and oxygen atoms in total. The fourth-order valence-corrected chi connectivity index (χ4v) is 5.02. The number of nitrogens with zero attached hydrogens (tertiary/aromatic N) is 2. The van der Waals surface area contributed by atoms with Crippen molar-refractivity contribution in [3.8, 4) is 22.4 Å². The Morgan fingerprint density at radius 1 is 0.500 bits per heavy atom. The first-order valence-electron chi connectivity index (χ1n) is 10.8. The quantitative estimate of drug-likeness (QED) is 0.273. The van der Waals surface area contributed by atoms with Gasteiger partial charge in [0.25, 0.3) is 0 Å². The normalized spacial score (nSPS) is 11.8. The summed E-state index contributed by atoms with van der Waals surface area (Å²) in [6.45, 7) is 0. The fourth-order valence-electron chi connectivity index (χ4n) is 5.02. The van der Waals surface area contributed by atoms with E-state index in [9.17, 15) is 0 Å². The van der Waals surface area contributed by atoms with Crippen LogP contribution >= 0.6 is 0 Å². The van der Waals surface area contributed by atoms with Crippen molar-refractivity contribution in [2.24, 2.45) is 0 Å². The zero-order chi connectivity index (χ0) is 21.1. The summed E-state index contributed by atoms with van der Waals surface area (Å²) in [5.74, 6) is 0. The van der Waals surface area contributed by atoms with Gasteiger partial charge in [-0.15, -0.1) is 0 Å². The van der Waals surface area contributed by atoms with E-state index in [0.29, 0.717) is 0 Å². The van der Waals surface area contributed by atoms with Crippen molar-refractivity contribution < 1.29 is 0 Å². The van der Waals surface area contributed by atoms with Crippen LogP contribution in [0, 0.1) is 0 Å². The predicted octanol–water partition coefficient (Wildman–Crippen LogP) is 7.86. The maximum atomic E-state index is 4.71. The molecule has 0 saturated heterocycles. The number of rotatable bonds is 2. The van der Waals surface area contributed by atoms with E-state index < -0.39 is 0 Å². The fraction of sp³-hybridized carbons (Fsp3) is 0. The lowest BCUT2D eigenvalue weighted by Crippen LogP contribution is -1.90. The Labute approximate surface area is 185 Å². The number of hydrogen-bond acceptors (Lipinski definition) is 2. The van der Waals surface area contributed by atoms with Gasteiger partial charge < -0.3 is 0 Å². The lowest BCUT2D eigenvalue weighted by atomic mass is 9.88. The van der Waals surface area contributed by atoms with E-state index in [4.69, 9.17) is 4.98 Å². The Hall–Kier alpha value is -4.30. The van der Waals surface area contributed by atoms with Gasteiger partial charge >= 0.3 is 0 Å². The highest BCUT2D eigenvalue weighted by Gasteiger charge is 2.15. The monoisotopic (exact) mass is 406 g/mol. The molecule has 2 aromatic heterocycles. The maximum absolute atomic E-state index is 4.71. The van der Waals surface area contributed by atoms with Crippen LogP contribution in [0.4, 0.5) is 0 Å². The molecule has 0 atom stereocenters. The van der Waals surface area contributed by atoms with Crippen molar-refractivity contribution in [2.45, 2.75) is 0 Å². The largest absolute Gasteiger partial charge is 0.256 e. The molecule has 2 heterocycles. The van der Waals surface area contributed by atoms with Crippen LogP contribution in [0.25, 0.3) is 65.6 Å². The van der Waals surface area contributed by atoms with E-state index >= 15 is 0 Å². The molecule has 0 spiro atoms. The minimum atomic E-state index is 1.00. The van der Waals surface area contributed by atoms with Gasteiger partial charge in [-0.25, -0.2) is 0 Å². The van der Waals surface area contributed by atoms with Crippen LogP contribution in [0.1, 0.15) is 0 Å². The SMILES string of the molecule is c1ccc(-c2ccc3ccc4c(-c5cnc6ccccc6c5)ccc5ccc2c3c54)nc1. The first-order chi connectivity index (χ1) is 15.9. The van der Waals surface area contributed by atoms with E-state index in [1.54, 1.807) is 0 Å². The van der Waals surface area contributed by atoms with E-state index in [2.05, 4.69) is 83.8 Å². The Morgan fingerprint density at radius 2 is 1.19 bits per heavy atom. The summed E-state index contributed by atoms with van der Waals surface area (Å²) in [7, 11) is 0. The Kier molecular flexibility index (Phi) is 3.58. The molecule has 0 saturated carbocycles. The average Bonchev–Trinajstić information content (AvgIpc) is 2.87. The molecule has 0 aliphatic carbocycles. The number of hydrogen-bond donors (Lipinski definition) is 0. The Morgan fingerprint density at radius 3 is 1.97 bits per heavy atom. The molecule has 7 rings (SSSR count). The van der Waals surface area contributed by atoms with Gasteiger partial charge in [0.1, 0.15) is 0 Å². The molecule has 7 aromatic rings. The predicted molar refractivity (Wildman–Crippen MR) is 134 cm³/mol. The summed E-state index contributed by atoms with van der Waals surface area (Å²) < 4.78 is 0. The van der Waals surface area contributed by atoms with Gasteiger partial charge in [0, 0.05) is 28.9 Å². The summed E-state index contributed by atoms with van der Waals surface area (Å²) in [4.78, 5) is 9.33. The summed E-state index contributed by atoms with van der Waals surface area (Å²) in [6, 6.07) is 34.5. The van der Waals surface area contributed by atoms with E-state index in [1.165, 1.54) is 43.4 Å². The Bertz CT molecular complexity index is 1770. The third kappa shape index (κ3) is 2.47. The first-order valence-corrected chi connectivity index (χ1v) is 10.8. The highest BCUT2D eigenvalue weighted by Crippen LogP contribution is 2.42. The van der Waals surface area contributed by atoms with Gasteiger partial charge in [-0.1, -0.05) is 72.8 Å². The summed E-state index contributed by atoms with van der Waals surface area (Å²) >= 11 is 0. The second kappa shape index (κ2) is 6.60. The molecule has 0 amide bonds. The number of aromatic nitrogens is 2. The second-order valence-electron chi connectivity index (χ2n) is 8.28. The van der Waals surface area contributed by atoms with Crippen molar-refractivity contribution in [3.05, 3.63) is 109 Å². The smallest absolute Gasteiger partial charge is 0.0708 e. The maximum Gasteiger partial charge on any atom is 0.0708 e. The number of benzene rings is 5. The molecule has 2 heteroatoms. The van der Waals surface area contributed by atoms with E-state index in [0.717, 1.165) is 22.2 Å². The molecule has 5 aromatic carbocycles. The lowest BCUT2D eigenvalue weighted by molar-refractivity contribution is 1.33. The summed E-state index contributed by atoms with van der Waals surface area (Å²) in [5, 5.41) is 8.79. The standard InChI is InChI=1S/C30H18N2/c1-2-6-27-21(5-1)17-22(18-32-27)23-12-8-19-11-15-26-24(28-7-3-4-16-31-28)13-9-20-10-14-25(23)29(19)30(20)26/h1-18H. The molecule has 0 fully saturated rings. The van der Waals surface area contributed by atoms with Crippen molar-refractivity contribution >= 4 is 43.2 Å². The minimum Gasteiger partial charge on any atom is -0.256 e. The van der Waals surface area contributed by atoms with Crippen LogP contribution in [-0.2, 0) is 0 Å². The molecular weight excluding hydrogens is 388 g/mol. The van der Waals surface area contributed by atoms with E-state index in [-0.39, 0.29) is 0 Å². The van der Waals surface area contributed by atoms with Gasteiger partial charge in [0.15, 0.2) is 0 Å². The molecule has 32 heavy (non-hydrogen) atoms. The lowest BCUT2D eigenvalue weighted by Gasteiger charge is -2.16. The molecule has 0 bridgehead atoms. The second-order valence-corrected chi connectivity index (χ2v) is 8.28. The molecule has 0 unspecified atom stereocenters. The highest BCUT2D eigenvalue weighted by atomic mass is 14.7. The van der Waals surface area contributed by atoms with Gasteiger partial charge in [-0.3, -0.25) is 9.97 Å². The Balaban J connectivity index is 1.57. The molecule has 0 aliphatic rings. The molecule has 0 aliphatic heterocycles. The third-order valence-electron chi connectivity index (χ3n) is 6.51. The number of pyridine rings is 2. The number of para-hydroxylation sites is 1. The molecule has 148 valence electrons. The highest BCUT2D eigenvalue weighted by molar-refractivity contribution is 6.27. The minimum absolute atomic E-state index is 1.00. The molecular formula is C30H18N2. The van der Waals surface area contributed by atoms with Crippen LogP contribution in [-0.4, -0.2) is 9.97 Å². The zero-order valence-corrected chi connectivity index (χ0v) is 17.3. The van der Waals surface area contributed by atoms with Gasteiger partial charge in [-0.05, 0) is 62.1 Å². The van der Waals surface area contributed by atoms with Crippen molar-refractivity contribution in [2.75, 3.05) is 0 Å². The summed E-state index contributed by atoms with van der Waals surface area (Å²) in [6.07, 6.45) is 3.85. The molecule has 0 N–H and O–H groups in total. The summed E-state index contributed by atoms with van der Waals surface area (Å²) in [5.41, 5.74) is 5.56. The van der Waals surface area contributed by atoms with Crippen LogP contribution in [0.15, 0.2) is 109 Å². The third-order valence-corrected chi connectivity index (χ3v) is 6.51. The van der Waals surface area contributed by atoms with Crippen LogP contribution < -0.4 is 0 Å². The van der Waals surface area contributed by atoms with Crippen LogP contribution in [0.5, 0.6) is 0 Å². The molecule has 0 radical (unpaired) electrons. The van der Waals surface area contributed by atoms with Crippen molar-refractivity contribution in [3.63, 3.8) is 0 Å². The topological polar surface area (TPSA) is 25.8 Å². The van der Waals surface area contributed by atoms with Gasteiger partial charge in [0.2, 0.25) is 0 Å². The van der Waals surface area contributed by atoms with Gasteiger partial charge in [0.05, 0.1) is 11.2 Å². The first kappa shape index (κ1) is 17.4. The van der Waals surface area contributed by atoms with Crippen molar-refractivity contribution in [1.29, 1.82) is 0 Å². The van der Waals surface area contributed by atoms with Crippen LogP contribution in [0.3, 0.4) is 0 Å². The average molecular weight is 406 g/mol. The van der Waals surface area contributed by atoms with Gasteiger partial charge in [-0.2, -0.15) is 0 Å². The number of fused-ring (bicyclic) bond motifs is 1.